The van der Waals surface area contributed by atoms with Gasteiger partial charge in [-0.05, 0) is 0 Å². The highest BCUT2D eigenvalue weighted by Gasteiger charge is 2.04. The number of aromatic nitrogens is 3. The first-order valence-electron chi connectivity index (χ1n) is 2.21. The van der Waals surface area contributed by atoms with Gasteiger partial charge in [0.15, 0.2) is 5.82 Å². The van der Waals surface area contributed by atoms with Crippen molar-refractivity contribution in [3.63, 3.8) is 0 Å². The van der Waals surface area contributed by atoms with Gasteiger partial charge in [-0.2, -0.15) is 5.10 Å². The number of aliphatic hydroxyl groups is 2. The molecule has 0 bridgehead atoms. The number of H-pyrrole nitrogens is 2. The normalized spacial score (nSPS) is 10.6. The second-order valence-corrected chi connectivity index (χ2v) is 1.44. The van der Waals surface area contributed by atoms with Crippen molar-refractivity contribution in [3.05, 3.63) is 16.3 Å². The molecule has 6 heteroatoms. The third-order valence-electron chi connectivity index (χ3n) is 0.764. The lowest BCUT2D eigenvalue weighted by Crippen LogP contribution is -2.03. The van der Waals surface area contributed by atoms with E-state index in [0.29, 0.717) is 0 Å². The van der Waals surface area contributed by atoms with Crippen LogP contribution < -0.4 is 5.69 Å². The van der Waals surface area contributed by atoms with Crippen LogP contribution in [0.15, 0.2) is 4.79 Å². The Balaban J connectivity index is 2.98. The van der Waals surface area contributed by atoms with Crippen LogP contribution in [0.5, 0.6) is 0 Å². The summed E-state index contributed by atoms with van der Waals surface area (Å²) in [6, 6.07) is 0. The number of hydrogen-bond donors (Lipinski definition) is 4. The monoisotopic (exact) mass is 131 g/mol. The summed E-state index contributed by atoms with van der Waals surface area (Å²) in [6.45, 7) is 0. The Hall–Kier alpha value is -1.14. The number of aromatic amines is 2. The van der Waals surface area contributed by atoms with Gasteiger partial charge in [0.2, 0.25) is 6.29 Å². The molecular formula is C3H5N3O3. The molecule has 0 fully saturated rings. The van der Waals surface area contributed by atoms with Crippen LogP contribution >= 0.6 is 0 Å². The lowest BCUT2D eigenvalue weighted by Gasteiger charge is -1.92. The molecule has 1 heterocycles. The summed E-state index contributed by atoms with van der Waals surface area (Å²) in [5.41, 5.74) is -0.557. The molecule has 0 saturated heterocycles. The van der Waals surface area contributed by atoms with Crippen LogP contribution in [-0.4, -0.2) is 25.4 Å². The highest BCUT2D eigenvalue weighted by Crippen LogP contribution is 1.95. The Morgan fingerprint density at radius 3 is 2.44 bits per heavy atom. The maximum atomic E-state index is 10.2. The van der Waals surface area contributed by atoms with Crippen LogP contribution in [0.3, 0.4) is 0 Å². The smallest absolute Gasteiger partial charge is 0.340 e. The molecule has 4 N–H and O–H groups in total. The predicted octanol–water partition coefficient (Wildman–Crippen LogP) is -1.92. The number of hydrogen-bond acceptors (Lipinski definition) is 4. The molecule has 0 aliphatic rings. The quantitative estimate of drug-likeness (QED) is 0.334. The van der Waals surface area contributed by atoms with E-state index < -0.39 is 12.0 Å². The number of nitrogens with zero attached hydrogens (tertiary/aromatic N) is 1. The maximum Gasteiger partial charge on any atom is 0.340 e. The molecular weight excluding hydrogens is 126 g/mol. The molecule has 1 aromatic heterocycles. The van der Waals surface area contributed by atoms with E-state index in [0.717, 1.165) is 0 Å². The minimum atomic E-state index is -1.72. The van der Waals surface area contributed by atoms with Crippen molar-refractivity contribution in [2.75, 3.05) is 0 Å². The minimum Gasteiger partial charge on any atom is -0.362 e. The van der Waals surface area contributed by atoms with Gasteiger partial charge in [0.05, 0.1) is 0 Å². The summed E-state index contributed by atoms with van der Waals surface area (Å²) in [5.74, 6) is -0.181. The van der Waals surface area contributed by atoms with Crippen LogP contribution in [0.1, 0.15) is 12.1 Å². The topological polar surface area (TPSA) is 102 Å². The van der Waals surface area contributed by atoms with E-state index in [1.54, 1.807) is 0 Å². The Labute approximate surface area is 49.2 Å². The van der Waals surface area contributed by atoms with Crippen molar-refractivity contribution in [1.29, 1.82) is 0 Å². The SMILES string of the molecule is O=c1[nH]nc(C(O)O)[nH]1. The zero-order chi connectivity index (χ0) is 6.85. The molecule has 50 valence electrons. The van der Waals surface area contributed by atoms with Gasteiger partial charge in [0.25, 0.3) is 0 Å². The first-order valence-corrected chi connectivity index (χ1v) is 2.21. The van der Waals surface area contributed by atoms with Gasteiger partial charge in [-0.25, -0.2) is 9.89 Å². The molecule has 0 unspecified atom stereocenters. The molecule has 0 aliphatic heterocycles. The molecule has 1 aromatic rings. The standard InChI is InChI=1S/C3H5N3O3/c7-2(8)1-4-3(9)6-5-1/h2,7-8H,(H2,4,5,6,9). The third-order valence-corrected chi connectivity index (χ3v) is 0.764. The van der Waals surface area contributed by atoms with Crippen LogP contribution in [0.25, 0.3) is 0 Å². The average Bonchev–Trinajstić information content (AvgIpc) is 2.14. The fourth-order valence-corrected chi connectivity index (χ4v) is 0.406. The lowest BCUT2D eigenvalue weighted by molar-refractivity contribution is -0.0492. The van der Waals surface area contributed by atoms with E-state index in [9.17, 15) is 4.79 Å². The van der Waals surface area contributed by atoms with Crippen molar-refractivity contribution in [3.8, 4) is 0 Å². The maximum absolute atomic E-state index is 10.2. The molecule has 6 nitrogen and oxygen atoms in total. The van der Waals surface area contributed by atoms with Crippen molar-refractivity contribution in [2.45, 2.75) is 6.29 Å². The van der Waals surface area contributed by atoms with E-state index in [1.165, 1.54) is 0 Å². The largest absolute Gasteiger partial charge is 0.362 e. The van der Waals surface area contributed by atoms with Crippen LogP contribution in [0, 0.1) is 0 Å². The molecule has 0 aromatic carbocycles. The minimum absolute atomic E-state index is 0.181. The lowest BCUT2D eigenvalue weighted by atomic mass is 10.6. The molecule has 9 heavy (non-hydrogen) atoms. The molecule has 0 amide bonds. The van der Waals surface area contributed by atoms with E-state index in [-0.39, 0.29) is 5.82 Å². The highest BCUT2D eigenvalue weighted by atomic mass is 16.5. The molecule has 1 rings (SSSR count). The van der Waals surface area contributed by atoms with Gasteiger partial charge in [-0.15, -0.1) is 0 Å². The van der Waals surface area contributed by atoms with Gasteiger partial charge in [-0.3, -0.25) is 4.98 Å². The second kappa shape index (κ2) is 2.00. The van der Waals surface area contributed by atoms with Gasteiger partial charge in [0.1, 0.15) is 0 Å². The second-order valence-electron chi connectivity index (χ2n) is 1.44. The summed E-state index contributed by atoms with van der Waals surface area (Å²) in [5, 5.41) is 21.9. The van der Waals surface area contributed by atoms with Gasteiger partial charge < -0.3 is 10.2 Å². The molecule has 0 radical (unpaired) electrons. The van der Waals surface area contributed by atoms with E-state index >= 15 is 0 Å². The van der Waals surface area contributed by atoms with Crippen LogP contribution in [-0.2, 0) is 0 Å². The fraction of sp³-hybridized carbons (Fsp3) is 0.333. The van der Waals surface area contributed by atoms with E-state index in [2.05, 4.69) is 10.1 Å². The van der Waals surface area contributed by atoms with Crippen molar-refractivity contribution >= 4 is 0 Å². The first-order chi connectivity index (χ1) is 4.20. The van der Waals surface area contributed by atoms with Crippen molar-refractivity contribution < 1.29 is 10.2 Å². The fourth-order valence-electron chi connectivity index (χ4n) is 0.406. The zero-order valence-corrected chi connectivity index (χ0v) is 4.33. The first kappa shape index (κ1) is 5.99. The van der Waals surface area contributed by atoms with Crippen molar-refractivity contribution in [2.24, 2.45) is 0 Å². The Kier molecular flexibility index (Phi) is 1.33. The Morgan fingerprint density at radius 1 is 1.56 bits per heavy atom. The molecule has 0 atom stereocenters. The number of rotatable bonds is 1. The third kappa shape index (κ3) is 1.15. The van der Waals surface area contributed by atoms with Gasteiger partial charge >= 0.3 is 5.69 Å². The van der Waals surface area contributed by atoms with Gasteiger partial charge in [0, 0.05) is 0 Å². The zero-order valence-electron chi connectivity index (χ0n) is 4.33. The van der Waals surface area contributed by atoms with Gasteiger partial charge in [-0.1, -0.05) is 0 Å². The number of nitrogens with one attached hydrogen (secondary N) is 2. The predicted molar refractivity (Wildman–Crippen MR) is 26.4 cm³/mol. The summed E-state index contributed by atoms with van der Waals surface area (Å²) >= 11 is 0. The summed E-state index contributed by atoms with van der Waals surface area (Å²) in [6.07, 6.45) is -1.72. The highest BCUT2D eigenvalue weighted by molar-refractivity contribution is 4.79. The summed E-state index contributed by atoms with van der Waals surface area (Å²) in [7, 11) is 0. The van der Waals surface area contributed by atoms with Crippen LogP contribution in [0.2, 0.25) is 0 Å². The van der Waals surface area contributed by atoms with Crippen molar-refractivity contribution in [1.82, 2.24) is 15.2 Å². The molecule has 0 aliphatic carbocycles. The molecule has 0 spiro atoms. The summed E-state index contributed by atoms with van der Waals surface area (Å²) in [4.78, 5) is 12.3. The van der Waals surface area contributed by atoms with E-state index in [4.69, 9.17) is 10.2 Å². The Morgan fingerprint density at radius 2 is 2.22 bits per heavy atom. The Bertz CT molecular complexity index is 236. The average molecular weight is 131 g/mol. The number of aliphatic hydroxyl groups excluding tert-OH is 1. The van der Waals surface area contributed by atoms with E-state index in [1.807, 2.05) is 5.10 Å². The van der Waals surface area contributed by atoms with Crippen LogP contribution in [0.4, 0.5) is 0 Å². The molecule has 0 saturated carbocycles. The summed E-state index contributed by atoms with van der Waals surface area (Å²) < 4.78 is 0.